The molecule has 0 amide bonds. The van der Waals surface area contributed by atoms with Crippen molar-refractivity contribution in [1.82, 2.24) is 0 Å². The Morgan fingerprint density at radius 3 is 2.05 bits per heavy atom. The molecule has 106 valence electrons. The summed E-state index contributed by atoms with van der Waals surface area (Å²) in [5.74, 6) is -3.30. The zero-order valence-corrected chi connectivity index (χ0v) is 11.1. The van der Waals surface area contributed by atoms with E-state index in [1.54, 1.807) is 6.92 Å². The molecule has 4 heteroatoms. The largest absolute Gasteiger partial charge is 0.206 e. The smallest absolute Gasteiger partial charge is 0.166 e. The predicted molar refractivity (Wildman–Crippen MR) is 74.0 cm³/mol. The van der Waals surface area contributed by atoms with Crippen molar-refractivity contribution in [2.45, 2.75) is 6.92 Å². The summed E-state index contributed by atoms with van der Waals surface area (Å²) in [6.45, 7) is 1.59. The van der Waals surface area contributed by atoms with Crippen molar-refractivity contribution in [2.75, 3.05) is 0 Å². The SMILES string of the molecule is Cc1cc(F)c(-c2ccc3c(F)c(F)ccc3c2)c(F)c1. The molecule has 0 aliphatic carbocycles. The number of rotatable bonds is 1. The first kappa shape index (κ1) is 13.6. The topological polar surface area (TPSA) is 0 Å². The second-order valence-electron chi connectivity index (χ2n) is 4.90. The van der Waals surface area contributed by atoms with Gasteiger partial charge in [-0.2, -0.15) is 0 Å². The lowest BCUT2D eigenvalue weighted by Gasteiger charge is -2.08. The van der Waals surface area contributed by atoms with Crippen LogP contribution in [0.3, 0.4) is 0 Å². The maximum Gasteiger partial charge on any atom is 0.166 e. The first-order chi connectivity index (χ1) is 9.97. The van der Waals surface area contributed by atoms with Crippen molar-refractivity contribution in [1.29, 1.82) is 0 Å². The van der Waals surface area contributed by atoms with Crippen LogP contribution in [0.15, 0.2) is 42.5 Å². The zero-order valence-electron chi connectivity index (χ0n) is 11.1. The summed E-state index contributed by atoms with van der Waals surface area (Å²) < 4.78 is 54.7. The van der Waals surface area contributed by atoms with Crippen LogP contribution >= 0.6 is 0 Å². The first-order valence-electron chi connectivity index (χ1n) is 6.31. The molecule has 0 saturated heterocycles. The zero-order chi connectivity index (χ0) is 15.1. The Balaban J connectivity index is 2.25. The Morgan fingerprint density at radius 2 is 1.38 bits per heavy atom. The Bertz CT molecular complexity index is 830. The Hall–Kier alpha value is -2.36. The van der Waals surface area contributed by atoms with Crippen LogP contribution in [0.5, 0.6) is 0 Å². The maximum absolute atomic E-state index is 14.0. The lowest BCUT2D eigenvalue weighted by molar-refractivity contribution is 0.517. The van der Waals surface area contributed by atoms with Gasteiger partial charge in [-0.15, -0.1) is 0 Å². The van der Waals surface area contributed by atoms with Crippen molar-refractivity contribution >= 4 is 10.8 Å². The van der Waals surface area contributed by atoms with Crippen LogP contribution in [0.25, 0.3) is 21.9 Å². The van der Waals surface area contributed by atoms with E-state index in [4.69, 9.17) is 0 Å². The molecule has 0 saturated carbocycles. The number of benzene rings is 3. The molecular formula is C17H10F4. The number of fused-ring (bicyclic) bond motifs is 1. The molecule has 0 nitrogen and oxygen atoms in total. The van der Waals surface area contributed by atoms with Gasteiger partial charge in [-0.3, -0.25) is 0 Å². The highest BCUT2D eigenvalue weighted by Crippen LogP contribution is 2.31. The van der Waals surface area contributed by atoms with E-state index in [0.717, 1.165) is 6.07 Å². The molecule has 3 aromatic carbocycles. The fourth-order valence-electron chi connectivity index (χ4n) is 2.40. The monoisotopic (exact) mass is 290 g/mol. The summed E-state index contributed by atoms with van der Waals surface area (Å²) in [5, 5.41) is 0.456. The van der Waals surface area contributed by atoms with Crippen molar-refractivity contribution in [3.05, 3.63) is 71.3 Å². The minimum atomic E-state index is -0.969. The normalized spacial score (nSPS) is 11.1. The third-order valence-corrected chi connectivity index (χ3v) is 3.38. The molecule has 0 atom stereocenters. The standard InChI is InChI=1S/C17H10F4/c1-9-6-14(19)16(15(20)7-9)11-2-4-12-10(8-11)3-5-13(18)17(12)21/h2-8H,1H3. The van der Waals surface area contributed by atoms with Gasteiger partial charge >= 0.3 is 0 Å². The minimum Gasteiger partial charge on any atom is -0.206 e. The van der Waals surface area contributed by atoms with Crippen molar-refractivity contribution in [2.24, 2.45) is 0 Å². The summed E-state index contributed by atoms with van der Waals surface area (Å²) in [6, 6.07) is 8.96. The van der Waals surface area contributed by atoms with Gasteiger partial charge in [0.05, 0.1) is 5.56 Å². The number of halogens is 4. The van der Waals surface area contributed by atoms with Crippen molar-refractivity contribution < 1.29 is 17.6 Å². The third-order valence-electron chi connectivity index (χ3n) is 3.38. The van der Waals surface area contributed by atoms with E-state index in [2.05, 4.69) is 0 Å². The molecule has 0 N–H and O–H groups in total. The van der Waals surface area contributed by atoms with Crippen LogP contribution in [-0.4, -0.2) is 0 Å². The molecule has 0 heterocycles. The summed E-state index contributed by atoms with van der Waals surface area (Å²) in [4.78, 5) is 0. The van der Waals surface area contributed by atoms with E-state index in [1.807, 2.05) is 0 Å². The van der Waals surface area contributed by atoms with Gasteiger partial charge in [-0.05, 0) is 47.7 Å². The Labute approximate surface area is 118 Å². The highest BCUT2D eigenvalue weighted by Gasteiger charge is 2.14. The quantitative estimate of drug-likeness (QED) is 0.528. The summed E-state index contributed by atoms with van der Waals surface area (Å²) in [7, 11) is 0. The van der Waals surface area contributed by atoms with Crippen LogP contribution in [0, 0.1) is 30.2 Å². The van der Waals surface area contributed by atoms with Crippen LogP contribution in [0.1, 0.15) is 5.56 Å². The van der Waals surface area contributed by atoms with Gasteiger partial charge < -0.3 is 0 Å². The molecule has 0 aromatic heterocycles. The van der Waals surface area contributed by atoms with Crippen LogP contribution < -0.4 is 0 Å². The molecule has 3 aromatic rings. The van der Waals surface area contributed by atoms with Crippen molar-refractivity contribution in [3.8, 4) is 11.1 Å². The number of hydrogen-bond donors (Lipinski definition) is 0. The first-order valence-corrected chi connectivity index (χ1v) is 6.31. The average molecular weight is 290 g/mol. The van der Waals surface area contributed by atoms with Gasteiger partial charge in [0.1, 0.15) is 11.6 Å². The number of hydrogen-bond acceptors (Lipinski definition) is 0. The molecule has 0 fully saturated rings. The van der Waals surface area contributed by atoms with Crippen LogP contribution in [0.4, 0.5) is 17.6 Å². The summed E-state index contributed by atoms with van der Waals surface area (Å²) >= 11 is 0. The molecule has 0 unspecified atom stereocenters. The van der Waals surface area contributed by atoms with E-state index in [1.165, 1.54) is 36.4 Å². The molecule has 0 aliphatic rings. The summed E-state index contributed by atoms with van der Waals surface area (Å²) in [6.07, 6.45) is 0. The molecular weight excluding hydrogens is 280 g/mol. The van der Waals surface area contributed by atoms with E-state index < -0.39 is 23.3 Å². The van der Waals surface area contributed by atoms with E-state index in [0.29, 0.717) is 10.9 Å². The Morgan fingerprint density at radius 1 is 0.714 bits per heavy atom. The maximum atomic E-state index is 14.0. The molecule has 3 rings (SSSR count). The van der Waals surface area contributed by atoms with Gasteiger partial charge in [0, 0.05) is 5.39 Å². The van der Waals surface area contributed by atoms with Crippen molar-refractivity contribution in [3.63, 3.8) is 0 Å². The molecule has 0 aliphatic heterocycles. The Kier molecular flexibility index (Phi) is 3.16. The summed E-state index contributed by atoms with van der Waals surface area (Å²) in [5.41, 5.74) is 0.582. The highest BCUT2D eigenvalue weighted by atomic mass is 19.2. The van der Waals surface area contributed by atoms with Gasteiger partial charge in [0.2, 0.25) is 0 Å². The van der Waals surface area contributed by atoms with E-state index in [-0.39, 0.29) is 16.5 Å². The lowest BCUT2D eigenvalue weighted by Crippen LogP contribution is -1.93. The molecule has 0 spiro atoms. The fraction of sp³-hybridized carbons (Fsp3) is 0.0588. The van der Waals surface area contributed by atoms with Crippen LogP contribution in [-0.2, 0) is 0 Å². The number of aryl methyl sites for hydroxylation is 1. The van der Waals surface area contributed by atoms with E-state index >= 15 is 0 Å². The lowest BCUT2D eigenvalue weighted by atomic mass is 9.99. The molecule has 0 radical (unpaired) electrons. The van der Waals surface area contributed by atoms with E-state index in [9.17, 15) is 17.6 Å². The minimum absolute atomic E-state index is 0.0756. The highest BCUT2D eigenvalue weighted by molar-refractivity contribution is 5.88. The third kappa shape index (κ3) is 2.27. The van der Waals surface area contributed by atoms with Crippen LogP contribution in [0.2, 0.25) is 0 Å². The molecule has 21 heavy (non-hydrogen) atoms. The molecule has 0 bridgehead atoms. The average Bonchev–Trinajstić information content (AvgIpc) is 2.42. The van der Waals surface area contributed by atoms with Gasteiger partial charge in [0.25, 0.3) is 0 Å². The predicted octanol–water partition coefficient (Wildman–Crippen LogP) is 5.37. The van der Waals surface area contributed by atoms with Gasteiger partial charge in [0.15, 0.2) is 11.6 Å². The van der Waals surface area contributed by atoms with Gasteiger partial charge in [-0.1, -0.05) is 18.2 Å². The second kappa shape index (κ2) is 4.88. The van der Waals surface area contributed by atoms with Gasteiger partial charge in [-0.25, -0.2) is 17.6 Å². The second-order valence-corrected chi connectivity index (χ2v) is 4.90. The fourth-order valence-corrected chi connectivity index (χ4v) is 2.40.